The van der Waals surface area contributed by atoms with E-state index in [-0.39, 0.29) is 11.3 Å². The van der Waals surface area contributed by atoms with Crippen molar-refractivity contribution in [3.05, 3.63) is 53.6 Å². The number of carbonyl (C=O) groups excluding carboxylic acids is 1. The number of hydrogen-bond donors (Lipinski definition) is 3. The fourth-order valence-corrected chi connectivity index (χ4v) is 1.56. The summed E-state index contributed by atoms with van der Waals surface area (Å²) < 4.78 is 13.5. The van der Waals surface area contributed by atoms with Crippen LogP contribution in [0.3, 0.4) is 0 Å². The number of carbonyl (C=O) groups is 2. The van der Waals surface area contributed by atoms with Gasteiger partial charge in [0.05, 0.1) is 17.4 Å². The summed E-state index contributed by atoms with van der Waals surface area (Å²) >= 11 is 0. The summed E-state index contributed by atoms with van der Waals surface area (Å²) in [5.74, 6) is -3.50. The molecular weight excluding hydrogens is 267 g/mol. The highest BCUT2D eigenvalue weighted by Gasteiger charge is 2.17. The van der Waals surface area contributed by atoms with Gasteiger partial charge < -0.3 is 15.5 Å². The number of pyridine rings is 1. The van der Waals surface area contributed by atoms with Gasteiger partial charge in [0.25, 0.3) is 5.91 Å². The lowest BCUT2D eigenvalue weighted by Crippen LogP contribution is -2.14. The van der Waals surface area contributed by atoms with Crippen molar-refractivity contribution in [1.82, 2.24) is 4.98 Å². The van der Waals surface area contributed by atoms with Crippen LogP contribution >= 0.6 is 0 Å². The Hall–Kier alpha value is -2.96. The molecule has 0 saturated carbocycles. The van der Waals surface area contributed by atoms with Crippen molar-refractivity contribution in [2.75, 3.05) is 5.32 Å². The first-order valence-corrected chi connectivity index (χ1v) is 5.46. The Morgan fingerprint density at radius 1 is 1.25 bits per heavy atom. The Labute approximate surface area is 112 Å². The van der Waals surface area contributed by atoms with Gasteiger partial charge >= 0.3 is 5.97 Å². The number of nitrogens with one attached hydrogen (secondary N) is 1. The van der Waals surface area contributed by atoms with E-state index in [0.29, 0.717) is 0 Å². The van der Waals surface area contributed by atoms with Gasteiger partial charge in [0.15, 0.2) is 0 Å². The number of anilines is 1. The number of hydrogen-bond acceptors (Lipinski definition) is 4. The number of amides is 1. The van der Waals surface area contributed by atoms with Crippen molar-refractivity contribution in [2.24, 2.45) is 0 Å². The average molecular weight is 276 g/mol. The van der Waals surface area contributed by atoms with Gasteiger partial charge in [0.2, 0.25) is 0 Å². The van der Waals surface area contributed by atoms with Gasteiger partial charge in [-0.2, -0.15) is 0 Å². The van der Waals surface area contributed by atoms with E-state index in [1.54, 1.807) is 0 Å². The zero-order valence-electron chi connectivity index (χ0n) is 10.0. The smallest absolute Gasteiger partial charge is 0.337 e. The van der Waals surface area contributed by atoms with E-state index >= 15 is 0 Å². The Bertz CT molecular complexity index is 668. The van der Waals surface area contributed by atoms with E-state index in [4.69, 9.17) is 5.11 Å². The first kappa shape index (κ1) is 13.5. The predicted octanol–water partition coefficient (Wildman–Crippen LogP) is 1.88. The largest absolute Gasteiger partial charge is 0.507 e. The van der Waals surface area contributed by atoms with Gasteiger partial charge in [-0.1, -0.05) is 6.07 Å². The number of nitrogens with zero attached hydrogens (tertiary/aromatic N) is 1. The maximum atomic E-state index is 13.5. The standard InChI is InChI=1S/C13H9FN2O4/c14-9-2-1-3-10(17)11(9)12(18)16-8-4-7(13(19)20)5-15-6-8/h1-6,17H,(H,16,18)(H,19,20). The third-order valence-corrected chi connectivity index (χ3v) is 2.46. The number of phenolic OH excluding ortho intramolecular Hbond substituents is 1. The van der Waals surface area contributed by atoms with Gasteiger partial charge in [-0.15, -0.1) is 0 Å². The van der Waals surface area contributed by atoms with Crippen molar-refractivity contribution in [3.63, 3.8) is 0 Å². The van der Waals surface area contributed by atoms with E-state index in [1.807, 2.05) is 0 Å². The summed E-state index contributed by atoms with van der Waals surface area (Å²) in [6, 6.07) is 4.63. The van der Waals surface area contributed by atoms with Crippen molar-refractivity contribution in [2.45, 2.75) is 0 Å². The average Bonchev–Trinajstić information content (AvgIpc) is 2.38. The fraction of sp³-hybridized carbons (Fsp3) is 0. The Morgan fingerprint density at radius 2 is 2.00 bits per heavy atom. The van der Waals surface area contributed by atoms with Crippen LogP contribution in [0.5, 0.6) is 5.75 Å². The summed E-state index contributed by atoms with van der Waals surface area (Å²) in [6.07, 6.45) is 2.32. The number of rotatable bonds is 3. The lowest BCUT2D eigenvalue weighted by Gasteiger charge is -2.07. The molecule has 6 nitrogen and oxygen atoms in total. The number of aromatic nitrogens is 1. The van der Waals surface area contributed by atoms with Crippen LogP contribution in [0.2, 0.25) is 0 Å². The molecule has 2 aromatic rings. The van der Waals surface area contributed by atoms with Gasteiger partial charge in [-0.05, 0) is 18.2 Å². The lowest BCUT2D eigenvalue weighted by molar-refractivity contribution is 0.0696. The third-order valence-electron chi connectivity index (χ3n) is 2.46. The molecule has 0 radical (unpaired) electrons. The minimum absolute atomic E-state index is 0.0811. The van der Waals surface area contributed by atoms with Crippen LogP contribution < -0.4 is 5.32 Å². The minimum Gasteiger partial charge on any atom is -0.507 e. The predicted molar refractivity (Wildman–Crippen MR) is 67.2 cm³/mol. The zero-order chi connectivity index (χ0) is 14.7. The molecule has 0 fully saturated rings. The molecule has 0 aliphatic heterocycles. The molecule has 1 aromatic heterocycles. The zero-order valence-corrected chi connectivity index (χ0v) is 10.0. The normalized spacial score (nSPS) is 10.1. The monoisotopic (exact) mass is 276 g/mol. The first-order chi connectivity index (χ1) is 9.49. The van der Waals surface area contributed by atoms with E-state index in [2.05, 4.69) is 10.3 Å². The van der Waals surface area contributed by atoms with Crippen LogP contribution in [0.4, 0.5) is 10.1 Å². The van der Waals surface area contributed by atoms with E-state index < -0.39 is 29.0 Å². The van der Waals surface area contributed by atoms with Crippen molar-refractivity contribution >= 4 is 17.6 Å². The molecule has 0 aliphatic rings. The second kappa shape index (κ2) is 5.35. The second-order valence-corrected chi connectivity index (χ2v) is 3.86. The van der Waals surface area contributed by atoms with Crippen molar-refractivity contribution in [1.29, 1.82) is 0 Å². The van der Waals surface area contributed by atoms with E-state index in [9.17, 15) is 19.1 Å². The van der Waals surface area contributed by atoms with Crippen LogP contribution in [-0.2, 0) is 0 Å². The number of carboxylic acids is 1. The van der Waals surface area contributed by atoms with Crippen molar-refractivity contribution < 1.29 is 24.2 Å². The molecule has 1 heterocycles. The second-order valence-electron chi connectivity index (χ2n) is 3.86. The number of aromatic hydroxyl groups is 1. The maximum Gasteiger partial charge on any atom is 0.337 e. The number of carboxylic acid groups (broad SMARTS) is 1. The number of phenols is 1. The molecular formula is C13H9FN2O4. The summed E-state index contributed by atoms with van der Waals surface area (Å²) in [7, 11) is 0. The summed E-state index contributed by atoms with van der Waals surface area (Å²) in [6.45, 7) is 0. The van der Waals surface area contributed by atoms with Crippen molar-refractivity contribution in [3.8, 4) is 5.75 Å². The third kappa shape index (κ3) is 2.72. The Kier molecular flexibility index (Phi) is 3.60. The van der Waals surface area contributed by atoms with Gasteiger partial charge in [0.1, 0.15) is 17.1 Å². The topological polar surface area (TPSA) is 99.5 Å². The molecule has 20 heavy (non-hydrogen) atoms. The molecule has 0 atom stereocenters. The summed E-state index contributed by atoms with van der Waals surface area (Å²) in [5, 5.41) is 20.5. The van der Waals surface area contributed by atoms with Crippen LogP contribution in [0.1, 0.15) is 20.7 Å². The highest BCUT2D eigenvalue weighted by molar-refractivity contribution is 6.06. The molecule has 1 aromatic carbocycles. The maximum absolute atomic E-state index is 13.5. The molecule has 0 spiro atoms. The van der Waals surface area contributed by atoms with Crippen LogP contribution in [-0.4, -0.2) is 27.1 Å². The van der Waals surface area contributed by atoms with Gasteiger partial charge in [0, 0.05) is 6.20 Å². The molecule has 102 valence electrons. The summed E-state index contributed by atoms with van der Waals surface area (Å²) in [4.78, 5) is 26.3. The number of aromatic carboxylic acids is 1. The Balaban J connectivity index is 2.28. The highest BCUT2D eigenvalue weighted by atomic mass is 19.1. The quantitative estimate of drug-likeness (QED) is 0.794. The SMILES string of the molecule is O=C(O)c1cncc(NC(=O)c2c(O)cccc2F)c1. The highest BCUT2D eigenvalue weighted by Crippen LogP contribution is 2.21. The van der Waals surface area contributed by atoms with E-state index in [0.717, 1.165) is 12.3 Å². The molecule has 7 heteroatoms. The van der Waals surface area contributed by atoms with Crippen LogP contribution in [0, 0.1) is 5.82 Å². The summed E-state index contributed by atoms with van der Waals surface area (Å²) in [5.41, 5.74) is -0.564. The van der Waals surface area contributed by atoms with Gasteiger partial charge in [-0.25, -0.2) is 9.18 Å². The fourth-order valence-electron chi connectivity index (χ4n) is 1.56. The minimum atomic E-state index is -1.21. The molecule has 0 bridgehead atoms. The molecule has 0 saturated heterocycles. The molecule has 0 unspecified atom stereocenters. The van der Waals surface area contributed by atoms with Gasteiger partial charge in [-0.3, -0.25) is 9.78 Å². The Morgan fingerprint density at radius 3 is 2.65 bits per heavy atom. The number of halogens is 1. The molecule has 0 aliphatic carbocycles. The van der Waals surface area contributed by atoms with E-state index in [1.165, 1.54) is 24.4 Å². The first-order valence-electron chi connectivity index (χ1n) is 5.46. The number of benzene rings is 1. The molecule has 2 rings (SSSR count). The molecule has 1 amide bonds. The van der Waals surface area contributed by atoms with Crippen LogP contribution in [0.15, 0.2) is 36.7 Å². The molecule has 3 N–H and O–H groups in total. The lowest BCUT2D eigenvalue weighted by atomic mass is 10.1. The van der Waals surface area contributed by atoms with Crippen LogP contribution in [0.25, 0.3) is 0 Å².